The van der Waals surface area contributed by atoms with Crippen molar-refractivity contribution < 1.29 is 14.2 Å². The van der Waals surface area contributed by atoms with E-state index in [1.54, 1.807) is 20.4 Å². The molecule has 0 spiro atoms. The third kappa shape index (κ3) is 3.65. The number of rotatable bonds is 5. The van der Waals surface area contributed by atoms with Crippen molar-refractivity contribution in [1.82, 2.24) is 19.9 Å². The maximum atomic E-state index is 6.16. The van der Waals surface area contributed by atoms with Crippen molar-refractivity contribution in [2.75, 3.05) is 32.2 Å². The van der Waals surface area contributed by atoms with Crippen LogP contribution in [-0.4, -0.2) is 53.3 Å². The molecule has 2 aromatic heterocycles. The standard InChI is InChI=1S/C23H23N5O3/c1-14-25-19-11-21(30-3)20(29-2)10-16(19)23(26-14)28-9-8-15(13-28)31-22-12-24-17-6-4-5-7-18(17)27-22/h4-7,10-12,15H,8-9,13H2,1-3H3. The lowest BCUT2D eigenvalue weighted by Gasteiger charge is -2.20. The first-order valence-corrected chi connectivity index (χ1v) is 10.2. The third-order valence-corrected chi connectivity index (χ3v) is 5.45. The Morgan fingerprint density at radius 2 is 1.71 bits per heavy atom. The van der Waals surface area contributed by atoms with Gasteiger partial charge in [-0.1, -0.05) is 12.1 Å². The highest BCUT2D eigenvalue weighted by Gasteiger charge is 2.27. The lowest BCUT2D eigenvalue weighted by molar-refractivity contribution is 0.216. The molecule has 2 aromatic carbocycles. The van der Waals surface area contributed by atoms with Crippen LogP contribution in [-0.2, 0) is 0 Å². The molecule has 0 saturated carbocycles. The van der Waals surface area contributed by atoms with Gasteiger partial charge in [0.15, 0.2) is 11.5 Å². The first-order valence-electron chi connectivity index (χ1n) is 10.2. The summed E-state index contributed by atoms with van der Waals surface area (Å²) >= 11 is 0. The molecule has 1 fully saturated rings. The maximum absolute atomic E-state index is 6.16. The van der Waals surface area contributed by atoms with Crippen molar-refractivity contribution in [3.63, 3.8) is 0 Å². The number of benzene rings is 2. The normalized spacial score (nSPS) is 16.1. The average molecular weight is 417 g/mol. The van der Waals surface area contributed by atoms with Crippen LogP contribution in [0.5, 0.6) is 17.4 Å². The second-order valence-electron chi connectivity index (χ2n) is 7.49. The van der Waals surface area contributed by atoms with Gasteiger partial charge >= 0.3 is 0 Å². The number of aromatic nitrogens is 4. The largest absolute Gasteiger partial charge is 0.493 e. The van der Waals surface area contributed by atoms with Gasteiger partial charge in [-0.2, -0.15) is 0 Å². The monoisotopic (exact) mass is 417 g/mol. The van der Waals surface area contributed by atoms with E-state index in [0.717, 1.165) is 40.7 Å². The number of ether oxygens (including phenoxy) is 3. The molecule has 5 rings (SSSR count). The van der Waals surface area contributed by atoms with E-state index in [9.17, 15) is 0 Å². The highest BCUT2D eigenvalue weighted by Crippen LogP contribution is 2.36. The minimum atomic E-state index is 0.000859. The summed E-state index contributed by atoms with van der Waals surface area (Å²) in [7, 11) is 3.25. The van der Waals surface area contributed by atoms with E-state index in [-0.39, 0.29) is 6.10 Å². The smallest absolute Gasteiger partial charge is 0.233 e. The zero-order valence-electron chi connectivity index (χ0n) is 17.7. The molecule has 1 aliphatic heterocycles. The first-order chi connectivity index (χ1) is 15.1. The molecule has 8 heteroatoms. The van der Waals surface area contributed by atoms with Crippen LogP contribution in [0.3, 0.4) is 0 Å². The van der Waals surface area contributed by atoms with Crippen molar-refractivity contribution in [2.45, 2.75) is 19.4 Å². The minimum absolute atomic E-state index is 0.000859. The van der Waals surface area contributed by atoms with E-state index < -0.39 is 0 Å². The third-order valence-electron chi connectivity index (χ3n) is 5.45. The van der Waals surface area contributed by atoms with E-state index in [2.05, 4.69) is 19.9 Å². The van der Waals surface area contributed by atoms with Gasteiger partial charge in [0.25, 0.3) is 0 Å². The molecule has 1 atom stereocenters. The Hall–Kier alpha value is -3.68. The Morgan fingerprint density at radius 1 is 0.935 bits per heavy atom. The Labute approximate surface area is 179 Å². The van der Waals surface area contributed by atoms with Gasteiger partial charge in [0.1, 0.15) is 17.7 Å². The molecule has 158 valence electrons. The van der Waals surface area contributed by atoms with Gasteiger partial charge in [-0.15, -0.1) is 0 Å². The summed E-state index contributed by atoms with van der Waals surface area (Å²) in [6, 6.07) is 11.6. The predicted octanol–water partition coefficient (Wildman–Crippen LogP) is 3.56. The fourth-order valence-corrected chi connectivity index (χ4v) is 3.98. The molecule has 3 heterocycles. The van der Waals surface area contributed by atoms with Crippen LogP contribution in [0.4, 0.5) is 5.82 Å². The van der Waals surface area contributed by atoms with Crippen LogP contribution in [0.25, 0.3) is 21.9 Å². The molecule has 0 aliphatic carbocycles. The Balaban J connectivity index is 1.42. The van der Waals surface area contributed by atoms with Gasteiger partial charge in [0.2, 0.25) is 5.88 Å². The number of hydrogen-bond acceptors (Lipinski definition) is 8. The van der Waals surface area contributed by atoms with Crippen LogP contribution in [0.15, 0.2) is 42.6 Å². The lowest BCUT2D eigenvalue weighted by atomic mass is 10.2. The second-order valence-corrected chi connectivity index (χ2v) is 7.49. The summed E-state index contributed by atoms with van der Waals surface area (Å²) in [6.07, 6.45) is 2.56. The van der Waals surface area contributed by atoms with Crippen molar-refractivity contribution in [3.05, 3.63) is 48.4 Å². The highest BCUT2D eigenvalue weighted by molar-refractivity contribution is 5.92. The minimum Gasteiger partial charge on any atom is -0.493 e. The van der Waals surface area contributed by atoms with Crippen molar-refractivity contribution >= 4 is 27.8 Å². The van der Waals surface area contributed by atoms with Gasteiger partial charge in [0, 0.05) is 24.4 Å². The van der Waals surface area contributed by atoms with Crippen molar-refractivity contribution in [3.8, 4) is 17.4 Å². The van der Waals surface area contributed by atoms with E-state index in [4.69, 9.17) is 19.2 Å². The number of aryl methyl sites for hydroxylation is 1. The topological polar surface area (TPSA) is 82.5 Å². The maximum Gasteiger partial charge on any atom is 0.233 e. The summed E-state index contributed by atoms with van der Waals surface area (Å²) in [6.45, 7) is 3.42. The van der Waals surface area contributed by atoms with Crippen molar-refractivity contribution in [2.24, 2.45) is 0 Å². The Morgan fingerprint density at radius 3 is 2.52 bits per heavy atom. The summed E-state index contributed by atoms with van der Waals surface area (Å²) < 4.78 is 17.1. The van der Waals surface area contributed by atoms with Gasteiger partial charge in [0.05, 0.1) is 43.5 Å². The molecule has 8 nitrogen and oxygen atoms in total. The molecule has 1 saturated heterocycles. The molecular formula is C23H23N5O3. The Kier molecular flexibility index (Phi) is 4.89. The number of hydrogen-bond donors (Lipinski definition) is 0. The van der Waals surface area contributed by atoms with Gasteiger partial charge in [-0.25, -0.2) is 19.9 Å². The molecular weight excluding hydrogens is 394 g/mol. The summed E-state index contributed by atoms with van der Waals surface area (Å²) in [4.78, 5) is 20.6. The Bertz CT molecular complexity index is 1260. The van der Waals surface area contributed by atoms with Gasteiger partial charge < -0.3 is 19.1 Å². The number of para-hydroxylation sites is 2. The zero-order valence-corrected chi connectivity index (χ0v) is 17.7. The van der Waals surface area contributed by atoms with E-state index >= 15 is 0 Å². The number of methoxy groups -OCH3 is 2. The van der Waals surface area contributed by atoms with Crippen molar-refractivity contribution in [1.29, 1.82) is 0 Å². The van der Waals surface area contributed by atoms with E-state index in [0.29, 0.717) is 29.7 Å². The number of anilines is 1. The molecule has 0 radical (unpaired) electrons. The van der Waals surface area contributed by atoms with Crippen LogP contribution < -0.4 is 19.1 Å². The molecule has 0 amide bonds. The molecule has 0 N–H and O–H groups in total. The number of nitrogens with zero attached hydrogens (tertiary/aromatic N) is 5. The molecule has 1 aliphatic rings. The zero-order chi connectivity index (χ0) is 21.4. The van der Waals surface area contributed by atoms with Gasteiger partial charge in [-0.05, 0) is 25.1 Å². The molecule has 0 bridgehead atoms. The lowest BCUT2D eigenvalue weighted by Crippen LogP contribution is -2.26. The van der Waals surface area contributed by atoms with E-state index in [1.807, 2.05) is 43.3 Å². The van der Waals surface area contributed by atoms with Gasteiger partial charge in [-0.3, -0.25) is 0 Å². The summed E-state index contributed by atoms with van der Waals surface area (Å²) in [5.41, 5.74) is 2.51. The summed E-state index contributed by atoms with van der Waals surface area (Å²) in [5, 5.41) is 0.925. The average Bonchev–Trinajstić information content (AvgIpc) is 3.25. The highest BCUT2D eigenvalue weighted by atomic mass is 16.5. The van der Waals surface area contributed by atoms with Crippen LogP contribution >= 0.6 is 0 Å². The SMILES string of the molecule is COc1cc2nc(C)nc(N3CCC(Oc4cnc5ccccc5n4)C3)c2cc1OC. The number of fused-ring (bicyclic) bond motifs is 2. The van der Waals surface area contributed by atoms with Crippen LogP contribution in [0.1, 0.15) is 12.2 Å². The summed E-state index contributed by atoms with van der Waals surface area (Å²) in [5.74, 6) is 3.43. The van der Waals surface area contributed by atoms with E-state index in [1.165, 1.54) is 0 Å². The second kappa shape index (κ2) is 7.86. The fraction of sp³-hybridized carbons (Fsp3) is 0.304. The quantitative estimate of drug-likeness (QED) is 0.488. The fourth-order valence-electron chi connectivity index (χ4n) is 3.98. The molecule has 1 unspecified atom stereocenters. The van der Waals surface area contributed by atoms with Crippen LogP contribution in [0.2, 0.25) is 0 Å². The van der Waals surface area contributed by atoms with Crippen LogP contribution in [0, 0.1) is 6.92 Å². The first kappa shape index (κ1) is 19.3. The molecule has 31 heavy (non-hydrogen) atoms. The predicted molar refractivity (Wildman–Crippen MR) is 118 cm³/mol. The molecule has 4 aromatic rings.